The standard InChI is InChI=1S/C7H8F3NO3/c8-7(9,10)3-14-4-11-5(12)1-2-6(11)13/h1-4H2. The van der Waals surface area contributed by atoms with Crippen LogP contribution in [0, 0.1) is 0 Å². The summed E-state index contributed by atoms with van der Waals surface area (Å²) in [5.41, 5.74) is 0. The predicted octanol–water partition coefficient (Wildman–Crippen LogP) is 0.672. The zero-order valence-corrected chi connectivity index (χ0v) is 7.13. The van der Waals surface area contributed by atoms with Gasteiger partial charge in [-0.2, -0.15) is 13.2 Å². The molecular weight excluding hydrogens is 203 g/mol. The number of halogens is 3. The topological polar surface area (TPSA) is 46.6 Å². The summed E-state index contributed by atoms with van der Waals surface area (Å²) in [4.78, 5) is 22.5. The molecule has 2 amide bonds. The minimum Gasteiger partial charge on any atom is -0.351 e. The molecule has 0 radical (unpaired) electrons. The van der Waals surface area contributed by atoms with Crippen molar-refractivity contribution in [2.45, 2.75) is 19.0 Å². The Morgan fingerprint density at radius 2 is 1.71 bits per heavy atom. The molecule has 0 aliphatic carbocycles. The van der Waals surface area contributed by atoms with Gasteiger partial charge in [0.2, 0.25) is 11.8 Å². The normalized spacial score (nSPS) is 18.1. The molecule has 4 nitrogen and oxygen atoms in total. The summed E-state index contributed by atoms with van der Waals surface area (Å²) in [7, 11) is 0. The zero-order chi connectivity index (χ0) is 10.8. The van der Waals surface area contributed by atoms with Gasteiger partial charge in [0.25, 0.3) is 0 Å². The molecular formula is C7H8F3NO3. The van der Waals surface area contributed by atoms with Crippen LogP contribution in [0.15, 0.2) is 0 Å². The van der Waals surface area contributed by atoms with Crippen molar-refractivity contribution >= 4 is 11.8 Å². The first-order chi connectivity index (χ1) is 6.40. The van der Waals surface area contributed by atoms with Gasteiger partial charge in [0.15, 0.2) is 0 Å². The van der Waals surface area contributed by atoms with Gasteiger partial charge in [-0.25, -0.2) is 0 Å². The van der Waals surface area contributed by atoms with Crippen LogP contribution >= 0.6 is 0 Å². The van der Waals surface area contributed by atoms with Crippen molar-refractivity contribution < 1.29 is 27.5 Å². The Balaban J connectivity index is 2.31. The number of ether oxygens (including phenoxy) is 1. The van der Waals surface area contributed by atoms with E-state index >= 15 is 0 Å². The highest BCUT2D eigenvalue weighted by Crippen LogP contribution is 2.16. The van der Waals surface area contributed by atoms with Crippen LogP contribution in [0.4, 0.5) is 13.2 Å². The van der Waals surface area contributed by atoms with Crippen molar-refractivity contribution in [1.82, 2.24) is 4.90 Å². The van der Waals surface area contributed by atoms with Gasteiger partial charge in [-0.15, -0.1) is 0 Å². The fourth-order valence-electron chi connectivity index (χ4n) is 1.02. The van der Waals surface area contributed by atoms with Crippen LogP contribution in [-0.4, -0.2) is 36.2 Å². The molecule has 7 heteroatoms. The summed E-state index contributed by atoms with van der Waals surface area (Å²) >= 11 is 0. The molecule has 14 heavy (non-hydrogen) atoms. The van der Waals surface area contributed by atoms with E-state index in [4.69, 9.17) is 0 Å². The maximum atomic E-state index is 11.6. The highest BCUT2D eigenvalue weighted by atomic mass is 19.4. The molecule has 0 N–H and O–H groups in total. The number of hydrogen-bond donors (Lipinski definition) is 0. The lowest BCUT2D eigenvalue weighted by molar-refractivity contribution is -0.186. The first kappa shape index (κ1) is 11.0. The average molecular weight is 211 g/mol. The Morgan fingerprint density at radius 3 is 2.14 bits per heavy atom. The van der Waals surface area contributed by atoms with Crippen LogP contribution in [0.3, 0.4) is 0 Å². The molecule has 0 unspecified atom stereocenters. The monoisotopic (exact) mass is 211 g/mol. The lowest BCUT2D eigenvalue weighted by Crippen LogP contribution is -2.33. The highest BCUT2D eigenvalue weighted by molar-refractivity contribution is 6.01. The number of hydrogen-bond acceptors (Lipinski definition) is 3. The summed E-state index contributed by atoms with van der Waals surface area (Å²) in [6, 6.07) is 0. The third-order valence-corrected chi connectivity index (χ3v) is 1.64. The molecule has 1 rings (SSSR count). The first-order valence-electron chi connectivity index (χ1n) is 3.88. The largest absolute Gasteiger partial charge is 0.411 e. The summed E-state index contributed by atoms with van der Waals surface area (Å²) in [6.45, 7) is -2.07. The third kappa shape index (κ3) is 2.99. The predicted molar refractivity (Wildman–Crippen MR) is 38.0 cm³/mol. The molecule has 0 aromatic heterocycles. The second kappa shape index (κ2) is 3.95. The van der Waals surface area contributed by atoms with E-state index < -0.39 is 31.3 Å². The van der Waals surface area contributed by atoms with E-state index in [2.05, 4.69) is 4.74 Å². The maximum Gasteiger partial charge on any atom is 0.411 e. The molecule has 0 atom stereocenters. The van der Waals surface area contributed by atoms with Gasteiger partial charge in [0, 0.05) is 12.8 Å². The van der Waals surface area contributed by atoms with Gasteiger partial charge in [0.1, 0.15) is 13.3 Å². The molecule has 1 aliphatic heterocycles. The number of carbonyl (C=O) groups excluding carboxylic acids is 2. The molecule has 0 bridgehead atoms. The van der Waals surface area contributed by atoms with Crippen molar-refractivity contribution in [3.05, 3.63) is 0 Å². The van der Waals surface area contributed by atoms with E-state index in [1.165, 1.54) is 0 Å². The van der Waals surface area contributed by atoms with E-state index in [0.717, 1.165) is 0 Å². The second-order valence-corrected chi connectivity index (χ2v) is 2.81. The van der Waals surface area contributed by atoms with Crippen LogP contribution in [0.5, 0.6) is 0 Å². The van der Waals surface area contributed by atoms with Gasteiger partial charge in [-0.05, 0) is 0 Å². The first-order valence-corrected chi connectivity index (χ1v) is 3.88. The van der Waals surface area contributed by atoms with Gasteiger partial charge in [-0.1, -0.05) is 0 Å². The van der Waals surface area contributed by atoms with E-state index in [0.29, 0.717) is 4.90 Å². The minimum absolute atomic E-state index is 0.0498. The Bertz CT molecular complexity index is 235. The van der Waals surface area contributed by atoms with Crippen molar-refractivity contribution in [3.63, 3.8) is 0 Å². The highest BCUT2D eigenvalue weighted by Gasteiger charge is 2.32. The van der Waals surface area contributed by atoms with Crippen molar-refractivity contribution in [2.24, 2.45) is 0 Å². The van der Waals surface area contributed by atoms with E-state index in [1.807, 2.05) is 0 Å². The van der Waals surface area contributed by atoms with Crippen LogP contribution in [0.25, 0.3) is 0 Å². The zero-order valence-electron chi connectivity index (χ0n) is 7.13. The Hall–Kier alpha value is -1.11. The molecule has 1 saturated heterocycles. The fraction of sp³-hybridized carbons (Fsp3) is 0.714. The van der Waals surface area contributed by atoms with E-state index in [-0.39, 0.29) is 12.8 Å². The third-order valence-electron chi connectivity index (χ3n) is 1.64. The Kier molecular flexibility index (Phi) is 3.10. The molecule has 0 aromatic rings. The fourth-order valence-corrected chi connectivity index (χ4v) is 1.02. The summed E-state index contributed by atoms with van der Waals surface area (Å²) in [6.07, 6.45) is -4.34. The SMILES string of the molecule is O=C1CCC(=O)N1COCC(F)(F)F. The number of likely N-dealkylation sites (tertiary alicyclic amines) is 1. The number of rotatable bonds is 3. The van der Waals surface area contributed by atoms with Gasteiger partial charge in [-0.3, -0.25) is 14.5 Å². The molecule has 1 fully saturated rings. The van der Waals surface area contributed by atoms with E-state index in [9.17, 15) is 22.8 Å². The lowest BCUT2D eigenvalue weighted by atomic mass is 10.4. The molecule has 0 aromatic carbocycles. The van der Waals surface area contributed by atoms with Crippen molar-refractivity contribution in [3.8, 4) is 0 Å². The second-order valence-electron chi connectivity index (χ2n) is 2.81. The summed E-state index contributed by atoms with van der Waals surface area (Å²) in [5, 5.41) is 0. The average Bonchev–Trinajstić information content (AvgIpc) is 2.33. The molecule has 1 aliphatic rings. The smallest absolute Gasteiger partial charge is 0.351 e. The van der Waals surface area contributed by atoms with Crippen molar-refractivity contribution in [2.75, 3.05) is 13.3 Å². The maximum absolute atomic E-state index is 11.6. The van der Waals surface area contributed by atoms with Gasteiger partial charge < -0.3 is 4.74 Å². The summed E-state index contributed by atoms with van der Waals surface area (Å²) in [5.74, 6) is -0.977. The van der Waals surface area contributed by atoms with E-state index in [1.54, 1.807) is 0 Å². The molecule has 1 heterocycles. The van der Waals surface area contributed by atoms with Gasteiger partial charge >= 0.3 is 6.18 Å². The minimum atomic E-state index is -4.44. The molecule has 80 valence electrons. The number of imide groups is 1. The number of nitrogens with zero attached hydrogens (tertiary/aromatic N) is 1. The van der Waals surface area contributed by atoms with Gasteiger partial charge in [0.05, 0.1) is 0 Å². The quantitative estimate of drug-likeness (QED) is 0.644. The van der Waals surface area contributed by atoms with Crippen LogP contribution in [0.1, 0.15) is 12.8 Å². The van der Waals surface area contributed by atoms with Crippen LogP contribution in [-0.2, 0) is 14.3 Å². The summed E-state index contributed by atoms with van der Waals surface area (Å²) < 4.78 is 39.0. The Morgan fingerprint density at radius 1 is 1.21 bits per heavy atom. The lowest BCUT2D eigenvalue weighted by Gasteiger charge is -2.14. The van der Waals surface area contributed by atoms with Crippen LogP contribution < -0.4 is 0 Å². The molecule has 0 spiro atoms. The Labute approximate surface area is 77.6 Å². The van der Waals surface area contributed by atoms with Crippen molar-refractivity contribution in [1.29, 1.82) is 0 Å². The molecule has 0 saturated carbocycles. The number of alkyl halides is 3. The van der Waals surface area contributed by atoms with Crippen LogP contribution in [0.2, 0.25) is 0 Å². The number of amides is 2. The number of carbonyl (C=O) groups is 2.